The predicted octanol–water partition coefficient (Wildman–Crippen LogP) is 2.14. The number of hydrogen-bond acceptors (Lipinski definition) is 3. The van der Waals surface area contributed by atoms with E-state index in [9.17, 15) is 0 Å². The Bertz CT molecular complexity index is 445. The molecule has 0 atom stereocenters. The minimum absolute atomic E-state index is 0.548. The number of anilines is 1. The maximum Gasteiger partial charge on any atom is 0.149 e. The molecule has 0 aliphatic rings. The first kappa shape index (κ1) is 11.5. The molecule has 2 heterocycles. The molecule has 0 fully saturated rings. The quantitative estimate of drug-likeness (QED) is 0.777. The average Bonchev–Trinajstić information content (AvgIpc) is 2.66. The molecule has 0 saturated carbocycles. The minimum atomic E-state index is 0.548. The predicted molar refractivity (Wildman–Crippen MR) is 63.6 cm³/mol. The van der Waals surface area contributed by atoms with Gasteiger partial charge in [-0.2, -0.15) is 5.10 Å². The Balaban J connectivity index is 0.000000531. The van der Waals surface area contributed by atoms with Gasteiger partial charge in [-0.1, -0.05) is 20.8 Å². The highest BCUT2D eigenvalue weighted by atomic mass is 15.3. The average molecular weight is 206 g/mol. The molecule has 4 nitrogen and oxygen atoms in total. The summed E-state index contributed by atoms with van der Waals surface area (Å²) in [4.78, 5) is 4.13. The number of hydrogen-bond donors (Lipinski definition) is 1. The lowest BCUT2D eigenvalue weighted by Gasteiger charge is -2.01. The summed E-state index contributed by atoms with van der Waals surface area (Å²) in [5.41, 5.74) is 7.88. The summed E-state index contributed by atoms with van der Waals surface area (Å²) >= 11 is 0. The van der Waals surface area contributed by atoms with Crippen molar-refractivity contribution in [3.63, 3.8) is 0 Å². The molecule has 0 aliphatic carbocycles. The number of pyridine rings is 1. The van der Waals surface area contributed by atoms with Crippen LogP contribution in [0.4, 0.5) is 5.82 Å². The van der Waals surface area contributed by atoms with Crippen molar-refractivity contribution in [1.82, 2.24) is 14.8 Å². The van der Waals surface area contributed by atoms with Crippen LogP contribution >= 0.6 is 0 Å². The van der Waals surface area contributed by atoms with Crippen molar-refractivity contribution in [3.8, 4) is 0 Å². The van der Waals surface area contributed by atoms with Gasteiger partial charge < -0.3 is 5.73 Å². The van der Waals surface area contributed by atoms with E-state index >= 15 is 0 Å². The number of nitrogens with zero attached hydrogens (tertiary/aromatic N) is 3. The van der Waals surface area contributed by atoms with Crippen LogP contribution in [0.25, 0.3) is 10.9 Å². The van der Waals surface area contributed by atoms with Gasteiger partial charge in [0.2, 0.25) is 0 Å². The zero-order chi connectivity index (χ0) is 11.4. The van der Waals surface area contributed by atoms with Crippen molar-refractivity contribution in [1.29, 1.82) is 0 Å². The fraction of sp³-hybridized carbons (Fsp3) is 0.455. The van der Waals surface area contributed by atoms with Crippen molar-refractivity contribution in [2.75, 3.05) is 5.73 Å². The normalized spacial score (nSPS) is 9.87. The van der Waals surface area contributed by atoms with Crippen molar-refractivity contribution < 1.29 is 0 Å². The van der Waals surface area contributed by atoms with Gasteiger partial charge in [-0.05, 0) is 12.0 Å². The Morgan fingerprint density at radius 3 is 2.60 bits per heavy atom. The molecule has 0 amide bonds. The van der Waals surface area contributed by atoms with Crippen LogP contribution in [-0.4, -0.2) is 14.8 Å². The molecule has 0 radical (unpaired) electrons. The summed E-state index contributed by atoms with van der Waals surface area (Å²) in [5, 5.41) is 5.27. The molecule has 0 aromatic carbocycles. The third-order valence-corrected chi connectivity index (χ3v) is 2.27. The van der Waals surface area contributed by atoms with E-state index in [0.29, 0.717) is 5.82 Å². The topological polar surface area (TPSA) is 56.7 Å². The molecule has 0 spiro atoms. The first-order valence-corrected chi connectivity index (χ1v) is 5.29. The summed E-state index contributed by atoms with van der Waals surface area (Å²) in [6.07, 6.45) is 4.61. The summed E-state index contributed by atoms with van der Waals surface area (Å²) in [7, 11) is 1.87. The third-order valence-electron chi connectivity index (χ3n) is 2.27. The molecule has 2 aromatic heterocycles. The van der Waals surface area contributed by atoms with Crippen LogP contribution < -0.4 is 5.73 Å². The maximum absolute atomic E-state index is 5.75. The highest BCUT2D eigenvalue weighted by molar-refractivity contribution is 5.89. The minimum Gasteiger partial charge on any atom is -0.382 e. The van der Waals surface area contributed by atoms with Crippen LogP contribution in [0.3, 0.4) is 0 Å². The Hall–Kier alpha value is -1.58. The number of nitrogen functional groups attached to an aromatic ring is 1. The smallest absolute Gasteiger partial charge is 0.149 e. The van der Waals surface area contributed by atoms with E-state index in [2.05, 4.69) is 17.0 Å². The van der Waals surface area contributed by atoms with Gasteiger partial charge in [-0.25, -0.2) is 4.98 Å². The molecule has 15 heavy (non-hydrogen) atoms. The number of fused-ring (bicyclic) bond motifs is 1. The number of aryl methyl sites for hydroxylation is 2. The van der Waals surface area contributed by atoms with Crippen LogP contribution in [0.5, 0.6) is 0 Å². The molecule has 0 aliphatic heterocycles. The molecule has 0 bridgehead atoms. The first-order chi connectivity index (χ1) is 7.24. The highest BCUT2D eigenvalue weighted by Gasteiger charge is 2.07. The van der Waals surface area contributed by atoms with E-state index in [1.807, 2.05) is 33.3 Å². The standard InChI is InChI=1S/C9H12N4.C2H6/c1-3-6-4-11-9(10)8-7(6)5-12-13(8)2;1-2/h4-5H,3H2,1-2H3,(H2,10,11);1-2H3. The number of rotatable bonds is 1. The molecule has 2 rings (SSSR count). The fourth-order valence-electron chi connectivity index (χ4n) is 1.54. The van der Waals surface area contributed by atoms with Crippen molar-refractivity contribution in [2.24, 2.45) is 7.05 Å². The molecule has 2 aromatic rings. The summed E-state index contributed by atoms with van der Waals surface area (Å²) in [6, 6.07) is 0. The maximum atomic E-state index is 5.75. The van der Waals surface area contributed by atoms with E-state index in [-0.39, 0.29) is 0 Å². The highest BCUT2D eigenvalue weighted by Crippen LogP contribution is 2.21. The molecule has 0 saturated heterocycles. The largest absolute Gasteiger partial charge is 0.382 e. The third kappa shape index (κ3) is 1.93. The van der Waals surface area contributed by atoms with E-state index in [1.54, 1.807) is 4.68 Å². The van der Waals surface area contributed by atoms with E-state index < -0.39 is 0 Å². The molecule has 4 heteroatoms. The Morgan fingerprint density at radius 1 is 1.33 bits per heavy atom. The van der Waals surface area contributed by atoms with Gasteiger partial charge in [0, 0.05) is 18.6 Å². The van der Waals surface area contributed by atoms with E-state index in [0.717, 1.165) is 17.3 Å². The lowest BCUT2D eigenvalue weighted by Crippen LogP contribution is -1.98. The molecular weight excluding hydrogens is 188 g/mol. The van der Waals surface area contributed by atoms with Crippen LogP contribution in [-0.2, 0) is 13.5 Å². The molecular formula is C11H18N4. The second-order valence-corrected chi connectivity index (χ2v) is 3.05. The van der Waals surface area contributed by atoms with Crippen molar-refractivity contribution >= 4 is 16.7 Å². The lowest BCUT2D eigenvalue weighted by atomic mass is 10.1. The Morgan fingerprint density at radius 2 is 2.00 bits per heavy atom. The number of aromatic nitrogens is 3. The van der Waals surface area contributed by atoms with Gasteiger partial charge in [0.05, 0.1) is 6.20 Å². The van der Waals surface area contributed by atoms with Crippen molar-refractivity contribution in [3.05, 3.63) is 18.0 Å². The van der Waals surface area contributed by atoms with Gasteiger partial charge in [-0.3, -0.25) is 4.68 Å². The zero-order valence-electron chi connectivity index (χ0n) is 9.78. The van der Waals surface area contributed by atoms with Crippen LogP contribution in [0, 0.1) is 0 Å². The van der Waals surface area contributed by atoms with Crippen LogP contribution in [0.15, 0.2) is 12.4 Å². The Labute approximate surface area is 90.1 Å². The second-order valence-electron chi connectivity index (χ2n) is 3.05. The molecule has 2 N–H and O–H groups in total. The zero-order valence-corrected chi connectivity index (χ0v) is 9.78. The first-order valence-electron chi connectivity index (χ1n) is 5.29. The summed E-state index contributed by atoms with van der Waals surface area (Å²) < 4.78 is 1.76. The summed E-state index contributed by atoms with van der Waals surface area (Å²) in [5.74, 6) is 0.548. The van der Waals surface area contributed by atoms with Gasteiger partial charge in [0.1, 0.15) is 11.3 Å². The number of nitrogens with two attached hydrogens (primary N) is 1. The van der Waals surface area contributed by atoms with Gasteiger partial charge in [-0.15, -0.1) is 0 Å². The monoisotopic (exact) mass is 206 g/mol. The van der Waals surface area contributed by atoms with Gasteiger partial charge in [0.15, 0.2) is 0 Å². The van der Waals surface area contributed by atoms with Crippen molar-refractivity contribution in [2.45, 2.75) is 27.2 Å². The second kappa shape index (κ2) is 4.77. The van der Waals surface area contributed by atoms with E-state index in [4.69, 9.17) is 5.73 Å². The lowest BCUT2D eigenvalue weighted by molar-refractivity contribution is 0.796. The van der Waals surface area contributed by atoms with Crippen LogP contribution in [0.2, 0.25) is 0 Å². The molecule has 0 unspecified atom stereocenters. The van der Waals surface area contributed by atoms with E-state index in [1.165, 1.54) is 5.56 Å². The molecule has 82 valence electrons. The fourth-order valence-corrected chi connectivity index (χ4v) is 1.54. The Kier molecular flexibility index (Phi) is 3.66. The SMILES string of the molecule is CC.CCc1cnc(N)c2c1cnn2C. The summed E-state index contributed by atoms with van der Waals surface area (Å²) in [6.45, 7) is 6.10. The van der Waals surface area contributed by atoms with Crippen LogP contribution in [0.1, 0.15) is 26.3 Å². The van der Waals surface area contributed by atoms with Gasteiger partial charge >= 0.3 is 0 Å². The van der Waals surface area contributed by atoms with Gasteiger partial charge in [0.25, 0.3) is 0 Å².